The Morgan fingerprint density at radius 3 is 1.84 bits per heavy atom. The Morgan fingerprint density at radius 1 is 0.636 bits per heavy atom. The molecular weight excluding hydrogens is 1450 g/mol. The van der Waals surface area contributed by atoms with E-state index in [0.717, 1.165) is 30.9 Å². The lowest BCUT2D eigenvalue weighted by atomic mass is 9.58. The van der Waals surface area contributed by atoms with Gasteiger partial charge in [-0.1, -0.05) is 65.5 Å². The molecule has 0 aromatic rings. The molecule has 4 aliphatic carbocycles. The summed E-state index contributed by atoms with van der Waals surface area (Å²) in [6, 6.07) is -11.3. The normalized spacial score (nSPS) is 31.3. The molecule has 27 nitrogen and oxygen atoms in total. The van der Waals surface area contributed by atoms with Crippen molar-refractivity contribution in [2.24, 2.45) is 40.9 Å². The van der Waals surface area contributed by atoms with Crippen molar-refractivity contribution in [2.45, 2.75) is 255 Å². The van der Waals surface area contributed by atoms with Gasteiger partial charge in [-0.25, -0.2) is 0 Å². The van der Waals surface area contributed by atoms with E-state index in [2.05, 4.69) is 16.0 Å². The highest BCUT2D eigenvalue weighted by molar-refractivity contribution is 6.01. The molecule has 110 heavy (non-hydrogen) atoms. The maximum atomic E-state index is 15.8. The molecule has 3 unspecified atom stereocenters. The molecule has 0 aromatic heterocycles. The van der Waals surface area contributed by atoms with Crippen LogP contribution in [-0.2, 0) is 71.7 Å². The van der Waals surface area contributed by atoms with E-state index in [1.54, 1.807) is 39.8 Å². The number of carbonyl (C=O) groups excluding carboxylic acids is 12. The van der Waals surface area contributed by atoms with E-state index in [4.69, 9.17) is 14.2 Å². The van der Waals surface area contributed by atoms with Gasteiger partial charge >= 0.3 is 12.4 Å². The van der Waals surface area contributed by atoms with E-state index >= 15 is 28.8 Å². The third-order valence-corrected chi connectivity index (χ3v) is 24.4. The number of carbonyl (C=O) groups is 12. The molecule has 6 fully saturated rings. The lowest BCUT2D eigenvalue weighted by molar-refractivity contribution is -0.215. The van der Waals surface area contributed by atoms with Crippen LogP contribution < -0.4 is 16.0 Å². The molecule has 622 valence electrons. The number of halogens is 6. The Hall–Kier alpha value is -7.16. The zero-order chi connectivity index (χ0) is 81.8. The fourth-order valence-corrected chi connectivity index (χ4v) is 17.4. The van der Waals surface area contributed by atoms with Gasteiger partial charge < -0.3 is 74.3 Å². The molecule has 0 aromatic carbocycles. The summed E-state index contributed by atoms with van der Waals surface area (Å²) in [7, 11) is 12.1. The maximum Gasteiger partial charge on any atom is 0.394 e. The summed E-state index contributed by atoms with van der Waals surface area (Å²) < 4.78 is 103. The quantitative estimate of drug-likeness (QED) is 0.123. The maximum absolute atomic E-state index is 15.8. The molecule has 3 N–H and O–H groups in total. The minimum atomic E-state index is -4.57. The predicted octanol–water partition coefficient (Wildman–Crippen LogP) is 5.71. The average Bonchev–Trinajstić information content (AvgIpc) is 0.908. The standard InChI is InChI=1S/C77H122F6N12O15/c1-16-46(4)64-72(106)89(10)42-63(98)90(11)54-25-20-19-21-34-94(71(54)105)58(36-48-26-30-50(31-27-48)76(78,79)80)69(103)88(9)41-61(96)84-53(33-29-49-28-32-52(77(81,82)83)60(37-49)108-15)67(101)95-40-51(110-18-3)38-55(95)66(100)86-75(44-74(5,6)45-75)73(107)93(14)56(35-47-23-22-24-47)70(104)92(13)57(68(102)87(7)8)39-62(97)91(12)59(43-109-17-2)65(99)85-64/h19-20,46-60,64H,16-18,21-45H2,1-15H3,(H,84,96)(H,85,99)(H,86,100)/b20-19-/t46-,48?,49?,50?,51+,52?,53-,54-,55-,56-,57-,58-,59-,60?,64-/m0/s1. The van der Waals surface area contributed by atoms with Crippen LogP contribution in [0.4, 0.5) is 26.3 Å². The van der Waals surface area contributed by atoms with E-state index in [1.807, 2.05) is 13.8 Å². The highest BCUT2D eigenvalue weighted by atomic mass is 19.4. The van der Waals surface area contributed by atoms with E-state index in [9.17, 15) is 55.1 Å². The van der Waals surface area contributed by atoms with Crippen LogP contribution in [-0.4, -0.2) is 303 Å². The van der Waals surface area contributed by atoms with Gasteiger partial charge in [-0.05, 0) is 139 Å². The van der Waals surface area contributed by atoms with Gasteiger partial charge in [0.15, 0.2) is 0 Å². The molecule has 3 heterocycles. The van der Waals surface area contributed by atoms with Crippen LogP contribution in [0.5, 0.6) is 0 Å². The van der Waals surface area contributed by atoms with Gasteiger partial charge in [-0.15, -0.1) is 0 Å². The van der Waals surface area contributed by atoms with Crippen molar-refractivity contribution in [2.75, 3.05) is 109 Å². The average molecular weight is 1570 g/mol. The van der Waals surface area contributed by atoms with Crippen molar-refractivity contribution in [1.29, 1.82) is 0 Å². The van der Waals surface area contributed by atoms with Crippen LogP contribution in [0, 0.1) is 40.9 Å². The van der Waals surface area contributed by atoms with Gasteiger partial charge in [-0.3, -0.25) is 57.5 Å². The summed E-state index contributed by atoms with van der Waals surface area (Å²) in [5.74, 6) is -14.2. The van der Waals surface area contributed by atoms with Gasteiger partial charge in [0, 0.05) is 96.2 Å². The SMILES string of the molecule is CCOC[C@H]1C(=O)N[C@@H]([C@@H](C)CC)C(=O)N(C)CC(=O)N(C)[C@H]2C/C=C\CCN(C2=O)[C@@H](CC2CCC(C(F)(F)F)CC2)C(=O)N(C)CC(=O)N[C@@H](CCC2CCC(C(F)(F)F)C(OC)C2)C(=O)N2C[C@H](OCC)C[C@H]2C(=O)NC2(CC(C)(C)C2)C(=O)N(C)[C@@H](CC2CCC2)C(=O)N(C)[C@H](C(=O)N(C)C)CC(=O)N1C. The molecule has 7 aliphatic rings. The van der Waals surface area contributed by atoms with Gasteiger partial charge in [0.25, 0.3) is 0 Å². The van der Waals surface area contributed by atoms with E-state index < -0.39 is 210 Å². The van der Waals surface area contributed by atoms with Crippen molar-refractivity contribution in [3.63, 3.8) is 0 Å². The topological polar surface area (TPSA) is 298 Å². The molecular formula is C77H122F6N12O15. The zero-order valence-electron chi connectivity index (χ0n) is 67.1. The van der Waals surface area contributed by atoms with Crippen LogP contribution in [0.25, 0.3) is 0 Å². The lowest BCUT2D eigenvalue weighted by Gasteiger charge is -2.54. The number of nitrogens with one attached hydrogen (secondary N) is 3. The number of likely N-dealkylation sites (N-methyl/N-ethyl adjacent to an activating group) is 7. The Kier molecular flexibility index (Phi) is 31.6. The van der Waals surface area contributed by atoms with Crippen LogP contribution in [0.1, 0.15) is 176 Å². The lowest BCUT2D eigenvalue weighted by Crippen LogP contribution is -2.71. The second-order valence-electron chi connectivity index (χ2n) is 33.1. The van der Waals surface area contributed by atoms with Crippen molar-refractivity contribution in [3.8, 4) is 0 Å². The number of fused-ring (bicyclic) bond motifs is 3. The predicted molar refractivity (Wildman–Crippen MR) is 393 cm³/mol. The van der Waals surface area contributed by atoms with Crippen molar-refractivity contribution < 1.29 is 98.1 Å². The third kappa shape index (κ3) is 22.2. The van der Waals surface area contributed by atoms with E-state index in [-0.39, 0.29) is 135 Å². The van der Waals surface area contributed by atoms with E-state index in [0.29, 0.717) is 19.3 Å². The Bertz CT molecular complexity index is 3290. The number of rotatable bonds is 16. The highest BCUT2D eigenvalue weighted by Gasteiger charge is 2.59. The first-order chi connectivity index (χ1) is 51.5. The molecule has 3 aliphatic heterocycles. The number of methoxy groups -OCH3 is 1. The van der Waals surface area contributed by atoms with Crippen LogP contribution in [0.15, 0.2) is 12.2 Å². The number of nitrogens with zero attached hydrogens (tertiary/aromatic N) is 9. The molecule has 0 radical (unpaired) electrons. The van der Waals surface area contributed by atoms with Gasteiger partial charge in [0.2, 0.25) is 70.9 Å². The summed E-state index contributed by atoms with van der Waals surface area (Å²) in [6.07, 6.45) is -6.50. The summed E-state index contributed by atoms with van der Waals surface area (Å²) in [5.41, 5.74) is -2.28. The smallest absolute Gasteiger partial charge is 0.381 e. The molecule has 2 saturated heterocycles. The molecule has 13 atom stereocenters. The second-order valence-corrected chi connectivity index (χ2v) is 33.1. The fourth-order valence-electron chi connectivity index (χ4n) is 17.4. The second kappa shape index (κ2) is 38.6. The number of hydrogen-bond acceptors (Lipinski definition) is 15. The van der Waals surface area contributed by atoms with Gasteiger partial charge in [-0.2, -0.15) is 26.3 Å². The van der Waals surface area contributed by atoms with Crippen molar-refractivity contribution in [1.82, 2.24) is 60.0 Å². The number of hydrogen-bond donors (Lipinski definition) is 3. The summed E-state index contributed by atoms with van der Waals surface area (Å²) in [6.45, 7) is 8.68. The zero-order valence-corrected chi connectivity index (χ0v) is 67.1. The largest absolute Gasteiger partial charge is 0.394 e. The van der Waals surface area contributed by atoms with Gasteiger partial charge in [0.05, 0.1) is 50.2 Å². The Balaban J connectivity index is 1.34. The van der Waals surface area contributed by atoms with Crippen molar-refractivity contribution in [3.05, 3.63) is 12.2 Å². The van der Waals surface area contributed by atoms with Crippen LogP contribution >= 0.6 is 0 Å². The molecule has 33 heteroatoms. The first kappa shape index (κ1) is 90.0. The minimum absolute atomic E-state index is 0.0282. The first-order valence-corrected chi connectivity index (χ1v) is 39.3. The van der Waals surface area contributed by atoms with Gasteiger partial charge in [0.1, 0.15) is 53.9 Å². The monoisotopic (exact) mass is 1570 g/mol. The fraction of sp³-hybridized carbons (Fsp3) is 0.818. The molecule has 1 spiro atoms. The molecule has 2 bridgehead atoms. The minimum Gasteiger partial charge on any atom is -0.381 e. The number of ether oxygens (including phenoxy) is 3. The molecule has 7 rings (SSSR count). The van der Waals surface area contributed by atoms with Crippen LogP contribution in [0.2, 0.25) is 0 Å². The highest BCUT2D eigenvalue weighted by Crippen LogP contribution is 2.50. The number of alkyl halides is 6. The summed E-state index contributed by atoms with van der Waals surface area (Å²) in [5, 5.41) is 8.62. The Labute approximate surface area is 644 Å². The summed E-state index contributed by atoms with van der Waals surface area (Å²) >= 11 is 0. The molecule has 12 amide bonds. The van der Waals surface area contributed by atoms with Crippen LogP contribution in [0.3, 0.4) is 0 Å². The molecule has 4 saturated carbocycles. The number of amides is 12. The first-order valence-electron chi connectivity index (χ1n) is 39.3. The van der Waals surface area contributed by atoms with Crippen molar-refractivity contribution >= 4 is 70.9 Å². The third-order valence-electron chi connectivity index (χ3n) is 24.4. The van der Waals surface area contributed by atoms with E-state index in [1.165, 1.54) is 83.1 Å². The Morgan fingerprint density at radius 2 is 1.26 bits per heavy atom. The summed E-state index contributed by atoms with van der Waals surface area (Å²) in [4.78, 5) is 192.